The second kappa shape index (κ2) is 12.1. The Morgan fingerprint density at radius 2 is 0.658 bits per heavy atom. The smallest absolute Gasteiger partial charge is 0.158 e. The van der Waals surface area contributed by atoms with E-state index in [-0.39, 0.29) is 0 Å². The van der Waals surface area contributed by atoms with E-state index in [1.807, 2.05) is 48.5 Å². The zero-order valence-corrected chi connectivity index (χ0v) is 27.6. The molecule has 0 radical (unpaired) electrons. The summed E-state index contributed by atoms with van der Waals surface area (Å²) in [5.41, 5.74) is -0.950. The number of benzene rings is 1. The van der Waals surface area contributed by atoms with Gasteiger partial charge < -0.3 is 10.2 Å². The highest BCUT2D eigenvalue weighted by Gasteiger charge is 2.40. The molecular weight excluding hydrogens is 625 g/mol. The third-order valence-corrected chi connectivity index (χ3v) is 15.4. The van der Waals surface area contributed by atoms with Gasteiger partial charge in [0.2, 0.25) is 0 Å². The third-order valence-electron chi connectivity index (χ3n) is 6.28. The number of rotatable bonds is 10. The van der Waals surface area contributed by atoms with Gasteiger partial charge in [0.05, 0.1) is 16.8 Å². The maximum atomic E-state index is 12.4. The second-order valence-electron chi connectivity index (χ2n) is 8.29. The van der Waals surface area contributed by atoms with Crippen LogP contribution in [0.2, 0.25) is 0 Å². The van der Waals surface area contributed by atoms with E-state index in [0.29, 0.717) is 0 Å². The summed E-state index contributed by atoms with van der Waals surface area (Å²) in [4.78, 5) is 3.57. The molecule has 0 fully saturated rings. The summed E-state index contributed by atoms with van der Waals surface area (Å²) >= 11 is 13.2. The summed E-state index contributed by atoms with van der Waals surface area (Å²) in [5, 5.41) is 24.8. The Morgan fingerprint density at radius 3 is 0.842 bits per heavy atom. The molecule has 198 valence electrons. The van der Waals surface area contributed by atoms with Crippen molar-refractivity contribution in [1.29, 1.82) is 0 Å². The average molecular weight is 651 g/mol. The summed E-state index contributed by atoms with van der Waals surface area (Å²) in [6.07, 6.45) is 8.23. The first-order valence-corrected chi connectivity index (χ1v) is 19.7. The number of hydrogen-bond acceptors (Lipinski definition) is 10. The van der Waals surface area contributed by atoms with Gasteiger partial charge in [0, 0.05) is 19.5 Å². The van der Waals surface area contributed by atoms with E-state index in [9.17, 15) is 10.2 Å². The molecule has 4 aromatic heterocycles. The molecule has 0 aliphatic rings. The molecule has 2 nitrogen and oxygen atoms in total. The lowest BCUT2D eigenvalue weighted by Crippen LogP contribution is -2.29. The highest BCUT2D eigenvalue weighted by molar-refractivity contribution is 8.01. The zero-order chi connectivity index (χ0) is 26.9. The maximum Gasteiger partial charge on any atom is 0.158 e. The lowest BCUT2D eigenvalue weighted by molar-refractivity contribution is 0.129. The Kier molecular flexibility index (Phi) is 9.16. The Hall–Kier alpha value is -0.660. The molecule has 1 aromatic carbocycles. The van der Waals surface area contributed by atoms with Crippen LogP contribution in [0.1, 0.15) is 30.6 Å². The highest BCUT2D eigenvalue weighted by Crippen LogP contribution is 2.48. The lowest BCUT2D eigenvalue weighted by atomic mass is 9.85. The van der Waals surface area contributed by atoms with Crippen molar-refractivity contribution in [3.05, 3.63) is 103 Å². The van der Waals surface area contributed by atoms with Gasteiger partial charge in [-0.2, -0.15) is 0 Å². The summed E-state index contributed by atoms with van der Waals surface area (Å²) in [6, 6.07) is 24.3. The van der Waals surface area contributed by atoms with Crippen molar-refractivity contribution in [2.24, 2.45) is 0 Å². The quantitative estimate of drug-likeness (QED) is 0.147. The fourth-order valence-electron chi connectivity index (χ4n) is 4.26. The Bertz CT molecular complexity index is 1310. The van der Waals surface area contributed by atoms with Crippen LogP contribution in [0, 0.1) is 0 Å². The summed E-state index contributed by atoms with van der Waals surface area (Å²) < 4.78 is 4.65. The summed E-state index contributed by atoms with van der Waals surface area (Å²) in [5.74, 6) is 0. The molecule has 38 heavy (non-hydrogen) atoms. The first-order chi connectivity index (χ1) is 18.4. The Balaban J connectivity index is 1.63. The van der Waals surface area contributed by atoms with Crippen LogP contribution in [0.25, 0.3) is 0 Å². The number of hydrogen-bond donors (Lipinski definition) is 2. The van der Waals surface area contributed by atoms with E-state index in [1.165, 1.54) is 0 Å². The predicted octanol–water partition coefficient (Wildman–Crippen LogP) is 9.39. The number of aliphatic hydroxyl groups is 2. The molecule has 0 saturated carbocycles. The van der Waals surface area contributed by atoms with Gasteiger partial charge in [0.15, 0.2) is 11.2 Å². The van der Waals surface area contributed by atoms with Gasteiger partial charge in [0.1, 0.15) is 0 Å². The van der Waals surface area contributed by atoms with Crippen LogP contribution in [-0.2, 0) is 11.2 Å². The molecule has 0 aliphatic carbocycles. The van der Waals surface area contributed by atoms with E-state index in [4.69, 9.17) is 0 Å². The topological polar surface area (TPSA) is 40.5 Å². The molecule has 0 saturated heterocycles. The first kappa shape index (κ1) is 28.9. The first-order valence-electron chi connectivity index (χ1n) is 11.5. The summed E-state index contributed by atoms with van der Waals surface area (Å²) in [7, 11) is 0. The van der Waals surface area contributed by atoms with E-state index in [1.54, 1.807) is 92.4 Å². The van der Waals surface area contributed by atoms with E-state index in [2.05, 4.69) is 49.3 Å². The third kappa shape index (κ3) is 5.22. The largest absolute Gasteiger partial charge is 0.374 e. The highest BCUT2D eigenvalue weighted by atomic mass is 32.2. The number of thiophene rings is 4. The fraction of sp³-hybridized carbons (Fsp3) is 0.214. The van der Waals surface area contributed by atoms with Gasteiger partial charge in [-0.1, -0.05) is 24.3 Å². The van der Waals surface area contributed by atoms with Gasteiger partial charge in [-0.05, 0) is 84.7 Å². The Morgan fingerprint density at radius 1 is 0.421 bits per heavy atom. The van der Waals surface area contributed by atoms with Crippen molar-refractivity contribution >= 4 is 92.4 Å². The van der Waals surface area contributed by atoms with Crippen molar-refractivity contribution in [3.63, 3.8) is 0 Å². The van der Waals surface area contributed by atoms with E-state index >= 15 is 0 Å². The molecule has 0 unspecified atom stereocenters. The van der Waals surface area contributed by atoms with Gasteiger partial charge in [-0.25, -0.2) is 0 Å². The zero-order valence-electron chi connectivity index (χ0n) is 21.1. The lowest BCUT2D eigenvalue weighted by Gasteiger charge is -2.30. The van der Waals surface area contributed by atoms with Crippen LogP contribution in [0.5, 0.6) is 0 Å². The van der Waals surface area contributed by atoms with Crippen LogP contribution in [0.3, 0.4) is 0 Å². The van der Waals surface area contributed by atoms with Crippen molar-refractivity contribution in [1.82, 2.24) is 0 Å². The minimum atomic E-state index is -1.27. The van der Waals surface area contributed by atoms with Crippen molar-refractivity contribution in [2.45, 2.75) is 28.0 Å². The standard InChI is InChI=1S/C28H26O2S8/c1-31-23-13-9-19(35-23)27(29,20-10-14-24(32-2)36-20)17-5-7-18(8-6-17)28(30,21-11-15-25(33-3)37-21)22-12-16-26(34-4)38-22/h5-16,29-30H,1-4H3. The van der Waals surface area contributed by atoms with Gasteiger partial charge in [-0.15, -0.1) is 92.4 Å². The van der Waals surface area contributed by atoms with Crippen molar-refractivity contribution < 1.29 is 10.2 Å². The molecule has 0 amide bonds. The van der Waals surface area contributed by atoms with Crippen LogP contribution < -0.4 is 0 Å². The maximum absolute atomic E-state index is 12.4. The Labute approximate surface area is 256 Å². The van der Waals surface area contributed by atoms with E-state index in [0.717, 1.165) is 47.5 Å². The molecule has 0 bridgehead atoms. The molecular formula is C28H26O2S8. The molecule has 2 N–H and O–H groups in total. The summed E-state index contributed by atoms with van der Waals surface area (Å²) in [6.45, 7) is 0. The van der Waals surface area contributed by atoms with Gasteiger partial charge in [-0.3, -0.25) is 0 Å². The van der Waals surface area contributed by atoms with Crippen molar-refractivity contribution in [3.8, 4) is 0 Å². The number of thioether (sulfide) groups is 4. The molecule has 5 aromatic rings. The van der Waals surface area contributed by atoms with Crippen LogP contribution in [-0.4, -0.2) is 35.2 Å². The van der Waals surface area contributed by atoms with Crippen LogP contribution in [0.4, 0.5) is 0 Å². The van der Waals surface area contributed by atoms with Crippen LogP contribution >= 0.6 is 92.4 Å². The molecule has 4 heterocycles. The van der Waals surface area contributed by atoms with Crippen molar-refractivity contribution in [2.75, 3.05) is 25.0 Å². The molecule has 10 heteroatoms. The minimum Gasteiger partial charge on any atom is -0.374 e. The molecule has 0 aliphatic heterocycles. The second-order valence-corrected chi connectivity index (χ2v) is 17.1. The normalized spacial score (nSPS) is 12.4. The fourth-order valence-corrected chi connectivity index (χ4v) is 11.1. The van der Waals surface area contributed by atoms with E-state index < -0.39 is 11.2 Å². The minimum absolute atomic E-state index is 0.791. The monoisotopic (exact) mass is 650 g/mol. The molecule has 0 atom stereocenters. The van der Waals surface area contributed by atoms with Gasteiger partial charge >= 0.3 is 0 Å². The van der Waals surface area contributed by atoms with Gasteiger partial charge in [0.25, 0.3) is 0 Å². The SMILES string of the molecule is CSc1ccc(C(O)(c2ccc(C(O)(c3ccc(SC)s3)c3ccc(SC)s3)cc2)c2ccc(SC)s2)s1. The van der Waals surface area contributed by atoms with Crippen LogP contribution in [0.15, 0.2) is 89.6 Å². The molecule has 5 rings (SSSR count). The predicted molar refractivity (Wildman–Crippen MR) is 175 cm³/mol. The average Bonchev–Trinajstić information content (AvgIpc) is 3.78. The molecule has 0 spiro atoms.